The molecule has 0 aliphatic heterocycles. The molecule has 3 aromatic heterocycles. The van der Waals surface area contributed by atoms with Crippen molar-refractivity contribution in [2.45, 2.75) is 29.3 Å². The Hall–Kier alpha value is -2.58. The van der Waals surface area contributed by atoms with E-state index in [2.05, 4.69) is 38.4 Å². The van der Waals surface area contributed by atoms with E-state index < -0.39 is 0 Å². The molecule has 0 radical (unpaired) electrons. The minimum Gasteiger partial charge on any atom is -0.270 e. The molecule has 0 atom stereocenters. The third kappa shape index (κ3) is 3.38. The fourth-order valence-electron chi connectivity index (χ4n) is 2.40. The first-order valence-electron chi connectivity index (χ1n) is 8.15. The van der Waals surface area contributed by atoms with Crippen LogP contribution in [0.3, 0.4) is 0 Å². The van der Waals surface area contributed by atoms with Crippen molar-refractivity contribution in [3.8, 4) is 17.1 Å². The molecule has 4 aromatic rings. The van der Waals surface area contributed by atoms with Gasteiger partial charge >= 0.3 is 0 Å². The fourth-order valence-corrected chi connectivity index (χ4v) is 4.10. The van der Waals surface area contributed by atoms with E-state index in [1.165, 1.54) is 23.3 Å². The lowest BCUT2D eigenvalue weighted by atomic mass is 10.2. The van der Waals surface area contributed by atoms with Gasteiger partial charge < -0.3 is 0 Å². The molecular weight excluding hydrogens is 364 g/mol. The van der Waals surface area contributed by atoms with E-state index in [9.17, 15) is 0 Å². The molecule has 4 rings (SSSR count). The van der Waals surface area contributed by atoms with Gasteiger partial charge in [-0.1, -0.05) is 32.0 Å². The molecule has 0 saturated heterocycles. The minimum atomic E-state index is 0.304. The zero-order chi connectivity index (χ0) is 17.9. The topological polar surface area (TPSA) is 69.4 Å². The SMILES string of the molecule is CC(C)c1nsc(Sc2nnc(-c3cccnc3)n2-c2ccccc2)n1. The van der Waals surface area contributed by atoms with Crippen molar-refractivity contribution in [1.29, 1.82) is 0 Å². The Morgan fingerprint density at radius 3 is 2.58 bits per heavy atom. The summed E-state index contributed by atoms with van der Waals surface area (Å²) in [5, 5.41) is 9.57. The van der Waals surface area contributed by atoms with Crippen molar-refractivity contribution in [2.24, 2.45) is 0 Å². The summed E-state index contributed by atoms with van der Waals surface area (Å²) in [7, 11) is 0. The van der Waals surface area contributed by atoms with Gasteiger partial charge in [0.15, 0.2) is 10.2 Å². The highest BCUT2D eigenvalue weighted by Gasteiger charge is 2.19. The summed E-state index contributed by atoms with van der Waals surface area (Å²) in [6, 6.07) is 13.9. The Morgan fingerprint density at radius 2 is 1.88 bits per heavy atom. The van der Waals surface area contributed by atoms with Crippen LogP contribution >= 0.6 is 23.3 Å². The second-order valence-electron chi connectivity index (χ2n) is 5.89. The van der Waals surface area contributed by atoms with Gasteiger partial charge in [0, 0.05) is 29.6 Å². The molecule has 130 valence electrons. The number of pyridine rings is 1. The molecule has 0 unspecified atom stereocenters. The average Bonchev–Trinajstić information content (AvgIpc) is 3.31. The smallest absolute Gasteiger partial charge is 0.203 e. The van der Waals surface area contributed by atoms with E-state index in [4.69, 9.17) is 0 Å². The highest BCUT2D eigenvalue weighted by Crippen LogP contribution is 2.33. The summed E-state index contributed by atoms with van der Waals surface area (Å²) in [5.74, 6) is 1.91. The fraction of sp³-hybridized carbons (Fsp3) is 0.167. The highest BCUT2D eigenvalue weighted by molar-refractivity contribution is 8.00. The molecule has 0 bridgehead atoms. The zero-order valence-electron chi connectivity index (χ0n) is 14.3. The van der Waals surface area contributed by atoms with Crippen LogP contribution in [0.15, 0.2) is 64.4 Å². The van der Waals surface area contributed by atoms with Crippen LogP contribution in [-0.2, 0) is 0 Å². The molecule has 0 amide bonds. The van der Waals surface area contributed by atoms with E-state index in [0.717, 1.165) is 32.4 Å². The summed E-state index contributed by atoms with van der Waals surface area (Å²) >= 11 is 2.87. The third-order valence-corrected chi connectivity index (χ3v) is 5.40. The van der Waals surface area contributed by atoms with Gasteiger partial charge in [-0.2, -0.15) is 4.37 Å². The first kappa shape index (κ1) is 16.9. The van der Waals surface area contributed by atoms with Gasteiger partial charge in [0.1, 0.15) is 5.82 Å². The van der Waals surface area contributed by atoms with Gasteiger partial charge in [0.05, 0.1) is 0 Å². The van der Waals surface area contributed by atoms with Gasteiger partial charge in [0.25, 0.3) is 0 Å². The van der Waals surface area contributed by atoms with Crippen molar-refractivity contribution < 1.29 is 0 Å². The van der Waals surface area contributed by atoms with Gasteiger partial charge in [0.2, 0.25) is 5.16 Å². The quantitative estimate of drug-likeness (QED) is 0.509. The summed E-state index contributed by atoms with van der Waals surface area (Å²) in [6.07, 6.45) is 3.54. The highest BCUT2D eigenvalue weighted by atomic mass is 32.2. The molecule has 3 heterocycles. The first-order valence-corrected chi connectivity index (χ1v) is 9.74. The standard InChI is InChI=1S/C18H16N6S2/c1-12(2)15-20-18(26-23-15)25-17-22-21-16(13-7-6-10-19-11-13)24(17)14-8-4-3-5-9-14/h3-12H,1-2H3. The predicted molar refractivity (Wildman–Crippen MR) is 103 cm³/mol. The van der Waals surface area contributed by atoms with Crippen molar-refractivity contribution in [1.82, 2.24) is 29.1 Å². The van der Waals surface area contributed by atoms with Crippen LogP contribution in [0.1, 0.15) is 25.6 Å². The third-order valence-electron chi connectivity index (χ3n) is 3.69. The van der Waals surface area contributed by atoms with Crippen LogP contribution in [0.4, 0.5) is 0 Å². The number of nitrogens with zero attached hydrogens (tertiary/aromatic N) is 6. The lowest BCUT2D eigenvalue weighted by Crippen LogP contribution is -1.99. The molecule has 0 N–H and O–H groups in total. The van der Waals surface area contributed by atoms with E-state index in [0.29, 0.717) is 5.92 Å². The summed E-state index contributed by atoms with van der Waals surface area (Å²) in [4.78, 5) is 8.80. The number of para-hydroxylation sites is 1. The molecule has 0 aliphatic rings. The van der Waals surface area contributed by atoms with Crippen LogP contribution in [-0.4, -0.2) is 29.1 Å². The van der Waals surface area contributed by atoms with E-state index in [1.807, 2.05) is 47.0 Å². The zero-order valence-corrected chi connectivity index (χ0v) is 15.9. The molecule has 0 aliphatic carbocycles. The number of aromatic nitrogens is 6. The maximum absolute atomic E-state index is 4.60. The molecular formula is C18H16N6S2. The molecule has 1 aromatic carbocycles. The molecule has 26 heavy (non-hydrogen) atoms. The van der Waals surface area contributed by atoms with Crippen LogP contribution < -0.4 is 0 Å². The largest absolute Gasteiger partial charge is 0.270 e. The van der Waals surface area contributed by atoms with Crippen molar-refractivity contribution in [3.05, 3.63) is 60.7 Å². The lowest BCUT2D eigenvalue weighted by molar-refractivity contribution is 0.788. The maximum Gasteiger partial charge on any atom is 0.203 e. The van der Waals surface area contributed by atoms with E-state index in [1.54, 1.807) is 12.4 Å². The second-order valence-corrected chi connectivity index (χ2v) is 7.86. The van der Waals surface area contributed by atoms with Crippen LogP contribution in [0.25, 0.3) is 17.1 Å². The first-order chi connectivity index (χ1) is 12.7. The van der Waals surface area contributed by atoms with E-state index in [-0.39, 0.29) is 0 Å². The number of benzene rings is 1. The van der Waals surface area contributed by atoms with Crippen LogP contribution in [0, 0.1) is 0 Å². The summed E-state index contributed by atoms with van der Waals surface area (Å²) in [5.41, 5.74) is 1.91. The van der Waals surface area contributed by atoms with Crippen molar-refractivity contribution >= 4 is 23.3 Å². The molecule has 0 saturated carbocycles. The van der Waals surface area contributed by atoms with Crippen molar-refractivity contribution in [3.63, 3.8) is 0 Å². The second kappa shape index (κ2) is 7.35. The van der Waals surface area contributed by atoms with Gasteiger partial charge in [-0.3, -0.25) is 9.55 Å². The Labute approximate surface area is 159 Å². The Balaban J connectivity index is 1.78. The van der Waals surface area contributed by atoms with Crippen molar-refractivity contribution in [2.75, 3.05) is 0 Å². The molecule has 8 heteroatoms. The monoisotopic (exact) mass is 380 g/mol. The average molecular weight is 381 g/mol. The molecule has 0 fully saturated rings. The predicted octanol–water partition coefficient (Wildman–Crippen LogP) is 4.46. The number of hydrogen-bond acceptors (Lipinski definition) is 7. The van der Waals surface area contributed by atoms with Crippen LogP contribution in [0.5, 0.6) is 0 Å². The minimum absolute atomic E-state index is 0.304. The lowest BCUT2D eigenvalue weighted by Gasteiger charge is -2.09. The number of rotatable bonds is 5. The van der Waals surface area contributed by atoms with E-state index >= 15 is 0 Å². The van der Waals surface area contributed by atoms with Crippen LogP contribution in [0.2, 0.25) is 0 Å². The Bertz CT molecular complexity index is 995. The maximum atomic E-state index is 4.60. The van der Waals surface area contributed by atoms with Gasteiger partial charge in [-0.25, -0.2) is 4.98 Å². The molecule has 0 spiro atoms. The van der Waals surface area contributed by atoms with Gasteiger partial charge in [-0.15, -0.1) is 10.2 Å². The Morgan fingerprint density at radius 1 is 1.04 bits per heavy atom. The Kier molecular flexibility index (Phi) is 4.77. The summed E-state index contributed by atoms with van der Waals surface area (Å²) in [6.45, 7) is 4.17. The summed E-state index contributed by atoms with van der Waals surface area (Å²) < 4.78 is 7.30. The number of hydrogen-bond donors (Lipinski definition) is 0. The molecule has 6 nitrogen and oxygen atoms in total. The van der Waals surface area contributed by atoms with Gasteiger partial charge in [-0.05, 0) is 47.6 Å². The normalized spacial score (nSPS) is 11.2.